The summed E-state index contributed by atoms with van der Waals surface area (Å²) in [4.78, 5) is 38.4. The second kappa shape index (κ2) is 12.0. The van der Waals surface area contributed by atoms with Crippen LogP contribution in [0.25, 0.3) is 32.0 Å². The predicted octanol–water partition coefficient (Wildman–Crippen LogP) is 7.41. The first kappa shape index (κ1) is 32.3. The van der Waals surface area contributed by atoms with E-state index in [-0.39, 0.29) is 46.4 Å². The lowest BCUT2D eigenvalue weighted by molar-refractivity contribution is -0.00736. The van der Waals surface area contributed by atoms with Crippen LogP contribution in [0.1, 0.15) is 63.4 Å². The summed E-state index contributed by atoms with van der Waals surface area (Å²) in [7, 11) is 1.24. The van der Waals surface area contributed by atoms with Crippen molar-refractivity contribution in [2.75, 3.05) is 19.0 Å². The minimum Gasteiger partial charge on any atom is -0.493 e. The number of aromatic nitrogens is 4. The van der Waals surface area contributed by atoms with Crippen LogP contribution in [0.15, 0.2) is 63.9 Å². The molecule has 1 saturated heterocycles. The molecule has 1 amide bonds. The summed E-state index contributed by atoms with van der Waals surface area (Å²) < 4.78 is 70.7. The number of carbonyl (C=O) groups excluding carboxylic acids is 1. The zero-order valence-electron chi connectivity index (χ0n) is 27.4. The summed E-state index contributed by atoms with van der Waals surface area (Å²) in [5.41, 5.74) is 3.50. The largest absolute Gasteiger partial charge is 0.493 e. The molecular formula is C37H28F4N6O4S. The number of nitrogens with zero attached hydrogens (tertiary/aromatic N) is 4. The third kappa shape index (κ3) is 5.08. The van der Waals surface area contributed by atoms with Gasteiger partial charge in [0.1, 0.15) is 17.7 Å². The number of fused-ring (bicyclic) bond motifs is 5. The highest BCUT2D eigenvalue weighted by molar-refractivity contribution is 7.23. The minimum absolute atomic E-state index is 0.0541. The van der Waals surface area contributed by atoms with Crippen LogP contribution in [-0.4, -0.2) is 50.5 Å². The first-order chi connectivity index (χ1) is 25.1. The van der Waals surface area contributed by atoms with Crippen LogP contribution in [0.3, 0.4) is 0 Å². The number of anilines is 1. The highest BCUT2D eigenvalue weighted by Gasteiger charge is 2.50. The van der Waals surface area contributed by atoms with Crippen molar-refractivity contribution in [1.82, 2.24) is 25.1 Å². The average Bonchev–Trinajstić information content (AvgIpc) is 3.95. The molecule has 9 rings (SSSR count). The number of benzene rings is 2. The van der Waals surface area contributed by atoms with Crippen molar-refractivity contribution in [2.24, 2.45) is 0 Å². The number of halogens is 4. The van der Waals surface area contributed by atoms with E-state index in [9.17, 15) is 18.4 Å². The SMILES string of the molecule is COc1c(F)ccc2c1CC(F)(F)[C@@H]2Nc1nccc2cc(-c3c4c(nc(CCc5ccc(F)cc5)c3-c3n[nH]c(=O)o3)[C@@H]3CCCN3C4=O)sc12. The number of hydrogen-bond acceptors (Lipinski definition) is 9. The van der Waals surface area contributed by atoms with Gasteiger partial charge in [-0.15, -0.1) is 16.4 Å². The van der Waals surface area contributed by atoms with E-state index in [1.54, 1.807) is 23.1 Å². The van der Waals surface area contributed by atoms with Gasteiger partial charge in [-0.3, -0.25) is 9.78 Å². The van der Waals surface area contributed by atoms with Gasteiger partial charge in [0.2, 0.25) is 0 Å². The molecular weight excluding hydrogens is 701 g/mol. The Morgan fingerprint density at radius 3 is 2.67 bits per heavy atom. The molecule has 6 heterocycles. The molecule has 0 radical (unpaired) electrons. The molecule has 0 spiro atoms. The topological polar surface area (TPSA) is 126 Å². The van der Waals surface area contributed by atoms with E-state index >= 15 is 8.78 Å². The van der Waals surface area contributed by atoms with Crippen LogP contribution in [0.2, 0.25) is 0 Å². The van der Waals surface area contributed by atoms with Crippen molar-refractivity contribution < 1.29 is 31.5 Å². The molecule has 0 bridgehead atoms. The Morgan fingerprint density at radius 2 is 1.90 bits per heavy atom. The Morgan fingerprint density at radius 1 is 1.08 bits per heavy atom. The number of aryl methyl sites for hydroxylation is 2. The third-order valence-electron chi connectivity index (χ3n) is 10.1. The molecule has 2 atom stereocenters. The van der Waals surface area contributed by atoms with Crippen molar-refractivity contribution in [3.63, 3.8) is 0 Å². The number of carbonyl (C=O) groups is 1. The number of ether oxygens (including phenoxy) is 1. The number of alkyl halides is 2. The van der Waals surface area contributed by atoms with E-state index in [0.29, 0.717) is 62.4 Å². The van der Waals surface area contributed by atoms with E-state index in [0.717, 1.165) is 24.5 Å². The lowest BCUT2D eigenvalue weighted by Crippen LogP contribution is -2.28. The molecule has 3 aliphatic rings. The first-order valence-electron chi connectivity index (χ1n) is 16.7. The number of hydrogen-bond donors (Lipinski definition) is 2. The van der Waals surface area contributed by atoms with E-state index in [2.05, 4.69) is 20.5 Å². The summed E-state index contributed by atoms with van der Waals surface area (Å²) >= 11 is 1.24. The lowest BCUT2D eigenvalue weighted by atomic mass is 9.93. The second-order valence-electron chi connectivity index (χ2n) is 13.1. The van der Waals surface area contributed by atoms with Gasteiger partial charge in [-0.1, -0.05) is 18.2 Å². The Bertz CT molecular complexity index is 2480. The van der Waals surface area contributed by atoms with Gasteiger partial charge in [0.25, 0.3) is 17.7 Å². The highest BCUT2D eigenvalue weighted by Crippen LogP contribution is 2.52. The molecule has 0 unspecified atom stereocenters. The number of H-pyrrole nitrogens is 1. The van der Waals surface area contributed by atoms with Gasteiger partial charge in [0.05, 0.1) is 40.4 Å². The van der Waals surface area contributed by atoms with Gasteiger partial charge in [0.15, 0.2) is 11.6 Å². The molecule has 6 aromatic rings. The zero-order valence-corrected chi connectivity index (χ0v) is 28.3. The number of amides is 1. The Kier molecular flexibility index (Phi) is 7.47. The van der Waals surface area contributed by atoms with Gasteiger partial charge in [-0.05, 0) is 72.5 Å². The summed E-state index contributed by atoms with van der Waals surface area (Å²) in [6.45, 7) is 0.563. The maximum atomic E-state index is 15.6. The summed E-state index contributed by atoms with van der Waals surface area (Å²) in [5.74, 6) is -5.46. The number of aromatic amines is 1. The van der Waals surface area contributed by atoms with E-state index in [1.165, 1.54) is 42.8 Å². The smallest absolute Gasteiger partial charge is 0.434 e. The van der Waals surface area contributed by atoms with Crippen LogP contribution < -0.4 is 15.8 Å². The van der Waals surface area contributed by atoms with Gasteiger partial charge in [-0.2, -0.15) is 0 Å². The zero-order chi connectivity index (χ0) is 35.9. The third-order valence-corrected chi connectivity index (χ3v) is 11.3. The maximum Gasteiger partial charge on any atom is 0.434 e. The maximum absolute atomic E-state index is 15.6. The Hall–Kier alpha value is -5.57. The van der Waals surface area contributed by atoms with Gasteiger partial charge < -0.3 is 19.4 Å². The molecule has 2 N–H and O–H groups in total. The van der Waals surface area contributed by atoms with Gasteiger partial charge in [0, 0.05) is 35.2 Å². The fraction of sp³-hybridized carbons (Fsp3) is 0.270. The highest BCUT2D eigenvalue weighted by atomic mass is 32.1. The fourth-order valence-electron chi connectivity index (χ4n) is 7.82. The number of thiophene rings is 1. The van der Waals surface area contributed by atoms with E-state index in [1.807, 2.05) is 6.07 Å². The van der Waals surface area contributed by atoms with Crippen LogP contribution >= 0.6 is 11.3 Å². The molecule has 1 aliphatic carbocycles. The molecule has 15 heteroatoms. The van der Waals surface area contributed by atoms with E-state index in [4.69, 9.17) is 14.1 Å². The van der Waals surface area contributed by atoms with Crippen molar-refractivity contribution in [3.8, 4) is 27.6 Å². The van der Waals surface area contributed by atoms with Crippen LogP contribution in [-0.2, 0) is 19.3 Å². The molecule has 4 aromatic heterocycles. The summed E-state index contributed by atoms with van der Waals surface area (Å²) in [5, 5.41) is 10.1. The molecule has 2 aromatic carbocycles. The van der Waals surface area contributed by atoms with Crippen molar-refractivity contribution >= 4 is 33.1 Å². The van der Waals surface area contributed by atoms with Gasteiger partial charge >= 0.3 is 5.76 Å². The standard InChI is InChI=1S/C37H28F4N6O4S/c1-50-30-21-16-37(40,41)32(20(21)9-10-22(30)39)44-33-31-18(12-13-42-33)15-25(52-31)27-26(34-45-46-36(49)51-34)23(11-6-17-4-7-19(38)8-5-17)43-29-24-3-2-14-47(24)35(48)28(27)29/h4-5,7-10,12-13,15,24,32H,2-3,6,11,14,16H2,1H3,(H,42,44)(H,46,49)/t24-,32+/m0/s1. The first-order valence-corrected chi connectivity index (χ1v) is 17.5. The van der Waals surface area contributed by atoms with Crippen LogP contribution in [0.4, 0.5) is 23.4 Å². The van der Waals surface area contributed by atoms with Gasteiger partial charge in [-0.25, -0.2) is 32.4 Å². The molecule has 264 valence electrons. The quantitative estimate of drug-likeness (QED) is 0.155. The van der Waals surface area contributed by atoms with E-state index < -0.39 is 30.0 Å². The van der Waals surface area contributed by atoms with Crippen molar-refractivity contribution in [2.45, 2.75) is 50.1 Å². The average molecular weight is 729 g/mol. The minimum atomic E-state index is -3.29. The normalized spacial score (nSPS) is 18.6. The molecule has 2 aliphatic heterocycles. The van der Waals surface area contributed by atoms with Crippen molar-refractivity contribution in [3.05, 3.63) is 111 Å². The Labute approximate surface area is 296 Å². The second-order valence-corrected chi connectivity index (χ2v) is 14.2. The monoisotopic (exact) mass is 728 g/mol. The van der Waals surface area contributed by atoms with Crippen molar-refractivity contribution in [1.29, 1.82) is 0 Å². The van der Waals surface area contributed by atoms with Crippen LogP contribution in [0, 0.1) is 11.6 Å². The molecule has 52 heavy (non-hydrogen) atoms. The number of pyridine rings is 2. The number of rotatable bonds is 8. The lowest BCUT2D eigenvalue weighted by Gasteiger charge is -2.22. The summed E-state index contributed by atoms with van der Waals surface area (Å²) in [6, 6.07) is 10.4. The van der Waals surface area contributed by atoms with Crippen LogP contribution in [0.5, 0.6) is 5.75 Å². The number of nitrogens with one attached hydrogen (secondary N) is 2. The number of methoxy groups -OCH3 is 1. The molecule has 0 saturated carbocycles. The fourth-order valence-corrected chi connectivity index (χ4v) is 8.99. The predicted molar refractivity (Wildman–Crippen MR) is 184 cm³/mol. The molecule has 10 nitrogen and oxygen atoms in total. The summed E-state index contributed by atoms with van der Waals surface area (Å²) in [6.07, 6.45) is 3.15. The molecule has 1 fully saturated rings. The Balaban J connectivity index is 1.21.